The Hall–Kier alpha value is -3.19. The smallest absolute Gasteiger partial charge is 0.348 e. The minimum atomic E-state index is -0.714. The first-order valence-electron chi connectivity index (χ1n) is 9.70. The van der Waals surface area contributed by atoms with Gasteiger partial charge in [-0.05, 0) is 49.9 Å². The Bertz CT molecular complexity index is 1260. The number of aryl methyl sites for hydroxylation is 2. The molecule has 0 atom stereocenters. The van der Waals surface area contributed by atoms with Gasteiger partial charge in [-0.25, -0.2) is 4.79 Å². The number of rotatable bonds is 5. The average Bonchev–Trinajstić information content (AvgIpc) is 3.51. The van der Waals surface area contributed by atoms with E-state index in [1.165, 1.54) is 0 Å². The van der Waals surface area contributed by atoms with Crippen LogP contribution in [0.2, 0.25) is 5.02 Å². The predicted molar refractivity (Wildman–Crippen MR) is 115 cm³/mol. The molecule has 0 unspecified atom stereocenters. The van der Waals surface area contributed by atoms with Crippen molar-refractivity contribution in [3.05, 3.63) is 90.7 Å². The fraction of sp³-hybridized carbons (Fsp3) is 0.273. The molecule has 0 spiro atoms. The van der Waals surface area contributed by atoms with Crippen molar-refractivity contribution in [3.63, 3.8) is 0 Å². The zero-order chi connectivity index (χ0) is 21.4. The number of hydrogen-bond donors (Lipinski definition) is 1. The van der Waals surface area contributed by atoms with Crippen molar-refractivity contribution in [3.8, 4) is 5.69 Å². The largest absolute Gasteiger partial charge is 0.352 e. The molecule has 0 aliphatic heterocycles. The highest BCUT2D eigenvalue weighted by atomic mass is 35.5. The molecule has 0 bridgehead atoms. The molecule has 4 rings (SSSR count). The summed E-state index contributed by atoms with van der Waals surface area (Å²) in [5.41, 5.74) is 1.35. The summed E-state index contributed by atoms with van der Waals surface area (Å²) in [5.74, 6) is -0.576. The number of nitrogens with zero attached hydrogens (tertiary/aromatic N) is 3. The van der Waals surface area contributed by atoms with Gasteiger partial charge >= 0.3 is 5.69 Å². The van der Waals surface area contributed by atoms with Gasteiger partial charge in [-0.2, -0.15) is 9.78 Å². The minimum absolute atomic E-state index is 0.0329. The molecule has 1 saturated carbocycles. The Morgan fingerprint density at radius 3 is 2.60 bits per heavy atom. The maximum atomic E-state index is 13.2. The first kappa shape index (κ1) is 20.1. The Morgan fingerprint density at radius 1 is 1.17 bits per heavy atom. The van der Waals surface area contributed by atoms with Crippen molar-refractivity contribution in [2.75, 3.05) is 0 Å². The van der Waals surface area contributed by atoms with Crippen molar-refractivity contribution in [2.24, 2.45) is 0 Å². The molecule has 1 aliphatic carbocycles. The average molecular weight is 425 g/mol. The van der Waals surface area contributed by atoms with E-state index >= 15 is 0 Å². The zero-order valence-electron chi connectivity index (χ0n) is 16.7. The van der Waals surface area contributed by atoms with Crippen LogP contribution in [0, 0.1) is 13.8 Å². The van der Waals surface area contributed by atoms with Crippen LogP contribution in [-0.4, -0.2) is 26.3 Å². The van der Waals surface area contributed by atoms with Gasteiger partial charge < -0.3 is 5.32 Å². The van der Waals surface area contributed by atoms with Crippen LogP contribution < -0.4 is 16.6 Å². The quantitative estimate of drug-likeness (QED) is 0.682. The molecule has 1 fully saturated rings. The number of carbonyl (C=O) groups excluding carboxylic acids is 1. The van der Waals surface area contributed by atoms with Gasteiger partial charge in [0.2, 0.25) is 5.69 Å². The number of benzene rings is 2. The van der Waals surface area contributed by atoms with Crippen LogP contribution in [0.4, 0.5) is 0 Å². The maximum absolute atomic E-state index is 13.2. The molecule has 1 aromatic heterocycles. The van der Waals surface area contributed by atoms with E-state index in [4.69, 9.17) is 11.6 Å². The number of carbonyl (C=O) groups is 1. The molecule has 2 aromatic carbocycles. The molecule has 154 valence electrons. The summed E-state index contributed by atoms with van der Waals surface area (Å²) in [7, 11) is 0. The van der Waals surface area contributed by atoms with Gasteiger partial charge in [0, 0.05) is 11.1 Å². The highest BCUT2D eigenvalue weighted by molar-refractivity contribution is 6.31. The molecule has 3 aromatic rings. The lowest BCUT2D eigenvalue weighted by molar-refractivity contribution is 0.0941. The van der Waals surface area contributed by atoms with Gasteiger partial charge in [0.25, 0.3) is 11.5 Å². The fourth-order valence-electron chi connectivity index (χ4n) is 3.15. The Labute approximate surface area is 177 Å². The van der Waals surface area contributed by atoms with Crippen molar-refractivity contribution in [1.29, 1.82) is 0 Å². The Kier molecular flexibility index (Phi) is 5.30. The lowest BCUT2D eigenvalue weighted by Crippen LogP contribution is -2.46. The molecule has 30 heavy (non-hydrogen) atoms. The number of hydrogen-bond acceptors (Lipinski definition) is 4. The molecular formula is C22H21ClN4O3. The van der Waals surface area contributed by atoms with Gasteiger partial charge in [-0.3, -0.25) is 14.2 Å². The third-order valence-corrected chi connectivity index (χ3v) is 5.42. The monoisotopic (exact) mass is 424 g/mol. The second-order valence-corrected chi connectivity index (χ2v) is 8.01. The first-order valence-corrected chi connectivity index (χ1v) is 10.1. The topological polar surface area (TPSA) is 86.0 Å². The summed E-state index contributed by atoms with van der Waals surface area (Å²) in [6.45, 7) is 3.81. The summed E-state index contributed by atoms with van der Waals surface area (Å²) < 4.78 is 2.10. The molecular weight excluding hydrogens is 404 g/mol. The van der Waals surface area contributed by atoms with Crippen LogP contribution in [-0.2, 0) is 6.54 Å². The van der Waals surface area contributed by atoms with E-state index in [2.05, 4.69) is 10.4 Å². The first-order chi connectivity index (χ1) is 14.3. The third kappa shape index (κ3) is 4.07. The minimum Gasteiger partial charge on any atom is -0.348 e. The third-order valence-electron chi connectivity index (χ3n) is 5.01. The van der Waals surface area contributed by atoms with Gasteiger partial charge in [-0.15, -0.1) is 0 Å². The fourth-order valence-corrected chi connectivity index (χ4v) is 3.33. The normalized spacial score (nSPS) is 13.3. The van der Waals surface area contributed by atoms with E-state index < -0.39 is 17.2 Å². The van der Waals surface area contributed by atoms with E-state index in [0.717, 1.165) is 38.8 Å². The second kappa shape index (κ2) is 7.91. The van der Waals surface area contributed by atoms with E-state index in [1.807, 2.05) is 38.1 Å². The van der Waals surface area contributed by atoms with Crippen molar-refractivity contribution >= 4 is 17.5 Å². The predicted octanol–water partition coefficient (Wildman–Crippen LogP) is 2.60. The van der Waals surface area contributed by atoms with E-state index in [1.54, 1.807) is 18.2 Å². The number of halogens is 1. The zero-order valence-corrected chi connectivity index (χ0v) is 17.4. The molecule has 0 radical (unpaired) electrons. The molecule has 1 N–H and O–H groups in total. The maximum Gasteiger partial charge on any atom is 0.352 e. The van der Waals surface area contributed by atoms with Gasteiger partial charge in [0.1, 0.15) is 0 Å². The molecule has 1 amide bonds. The summed E-state index contributed by atoms with van der Waals surface area (Å²) in [5, 5.41) is 7.35. The molecule has 8 heteroatoms. The van der Waals surface area contributed by atoms with Crippen molar-refractivity contribution in [2.45, 2.75) is 39.3 Å². The van der Waals surface area contributed by atoms with Crippen LogP contribution >= 0.6 is 11.6 Å². The highest BCUT2D eigenvalue weighted by Gasteiger charge is 2.27. The Balaban J connectivity index is 1.88. The number of aromatic nitrogens is 3. The van der Waals surface area contributed by atoms with Gasteiger partial charge in [0.05, 0.1) is 12.2 Å². The summed E-state index contributed by atoms with van der Waals surface area (Å²) >= 11 is 6.22. The SMILES string of the molecule is Cc1cccc(Cn2c(=O)c(C(=O)NC3CC3)nn(-c3ccc(C)c(Cl)c3)c2=O)c1. The van der Waals surface area contributed by atoms with Crippen LogP contribution in [0.5, 0.6) is 0 Å². The van der Waals surface area contributed by atoms with Crippen molar-refractivity contribution in [1.82, 2.24) is 19.7 Å². The number of nitrogens with one attached hydrogen (secondary N) is 1. The highest BCUT2D eigenvalue weighted by Crippen LogP contribution is 2.19. The van der Waals surface area contributed by atoms with Crippen LogP contribution in [0.25, 0.3) is 5.69 Å². The molecule has 0 saturated heterocycles. The molecule has 1 heterocycles. The van der Waals surface area contributed by atoms with Crippen molar-refractivity contribution < 1.29 is 4.79 Å². The number of amides is 1. The van der Waals surface area contributed by atoms with E-state index in [9.17, 15) is 14.4 Å². The lowest BCUT2D eigenvalue weighted by atomic mass is 10.1. The summed E-state index contributed by atoms with van der Waals surface area (Å²) in [6, 6.07) is 12.6. The Morgan fingerprint density at radius 2 is 1.93 bits per heavy atom. The van der Waals surface area contributed by atoms with Crippen LogP contribution in [0.3, 0.4) is 0 Å². The lowest BCUT2D eigenvalue weighted by Gasteiger charge is -2.13. The summed E-state index contributed by atoms with van der Waals surface area (Å²) in [6.07, 6.45) is 1.74. The molecule has 7 nitrogen and oxygen atoms in total. The van der Waals surface area contributed by atoms with Gasteiger partial charge in [0.15, 0.2) is 0 Å². The second-order valence-electron chi connectivity index (χ2n) is 7.60. The molecule has 1 aliphatic rings. The van der Waals surface area contributed by atoms with Crippen LogP contribution in [0.1, 0.15) is 40.0 Å². The standard InChI is InChI=1S/C22H21ClN4O3/c1-13-4-3-5-15(10-13)12-26-21(29)19(20(28)24-16-7-8-16)25-27(22(26)30)17-9-6-14(2)18(23)11-17/h3-6,9-11,16H,7-8,12H2,1-2H3,(H,24,28). The van der Waals surface area contributed by atoms with E-state index in [-0.39, 0.29) is 18.3 Å². The summed E-state index contributed by atoms with van der Waals surface area (Å²) in [4.78, 5) is 38.9. The van der Waals surface area contributed by atoms with Crippen LogP contribution in [0.15, 0.2) is 52.1 Å². The van der Waals surface area contributed by atoms with E-state index in [0.29, 0.717) is 10.7 Å². The van der Waals surface area contributed by atoms with Gasteiger partial charge in [-0.1, -0.05) is 47.5 Å².